The van der Waals surface area contributed by atoms with E-state index in [1.165, 1.54) is 0 Å². The Morgan fingerprint density at radius 1 is 1.44 bits per heavy atom. The first-order chi connectivity index (χ1) is 8.49. The van der Waals surface area contributed by atoms with E-state index in [1.54, 1.807) is 23.3 Å². The van der Waals surface area contributed by atoms with Crippen LogP contribution >= 0.6 is 11.3 Å². The van der Waals surface area contributed by atoms with Crippen molar-refractivity contribution in [3.05, 3.63) is 33.0 Å². The van der Waals surface area contributed by atoms with Crippen LogP contribution in [-0.4, -0.2) is 33.0 Å². The number of aromatic amines is 1. The highest BCUT2D eigenvalue weighted by Gasteiger charge is 2.19. The summed E-state index contributed by atoms with van der Waals surface area (Å²) in [6.07, 6.45) is 0. The van der Waals surface area contributed by atoms with E-state index in [1.807, 2.05) is 26.2 Å². The molecular weight excluding hydrogens is 248 g/mol. The summed E-state index contributed by atoms with van der Waals surface area (Å²) in [6, 6.07) is 0. The van der Waals surface area contributed by atoms with Crippen LogP contribution in [0.3, 0.4) is 0 Å². The van der Waals surface area contributed by atoms with E-state index in [0.717, 1.165) is 22.1 Å². The van der Waals surface area contributed by atoms with Gasteiger partial charge in [-0.3, -0.25) is 9.89 Å². The van der Waals surface area contributed by atoms with E-state index >= 15 is 0 Å². The lowest BCUT2D eigenvalue weighted by Crippen LogP contribution is -2.27. The zero-order valence-corrected chi connectivity index (χ0v) is 11.8. The van der Waals surface area contributed by atoms with E-state index in [9.17, 15) is 4.79 Å². The lowest BCUT2D eigenvalue weighted by molar-refractivity contribution is 0.0782. The largest absolute Gasteiger partial charge is 0.336 e. The molecule has 0 spiro atoms. The molecule has 96 valence electrons. The van der Waals surface area contributed by atoms with Gasteiger partial charge in [0.1, 0.15) is 0 Å². The molecule has 2 heterocycles. The highest BCUT2D eigenvalue weighted by atomic mass is 32.1. The predicted molar refractivity (Wildman–Crippen MR) is 70.7 cm³/mol. The number of carbonyl (C=O) groups excluding carboxylic acids is 1. The van der Waals surface area contributed by atoms with E-state index < -0.39 is 0 Å². The molecule has 0 unspecified atom stereocenters. The highest BCUT2D eigenvalue weighted by Crippen LogP contribution is 2.15. The Labute approximate surface area is 110 Å². The Balaban J connectivity index is 2.14. The molecule has 0 radical (unpaired) electrons. The van der Waals surface area contributed by atoms with Gasteiger partial charge >= 0.3 is 0 Å². The summed E-state index contributed by atoms with van der Waals surface area (Å²) in [4.78, 5) is 18.3. The summed E-state index contributed by atoms with van der Waals surface area (Å²) in [5.74, 6) is -0.0237. The van der Waals surface area contributed by atoms with Crippen molar-refractivity contribution in [2.45, 2.75) is 27.3 Å². The molecule has 0 fully saturated rings. The topological polar surface area (TPSA) is 61.9 Å². The van der Waals surface area contributed by atoms with Crippen LogP contribution in [0.25, 0.3) is 0 Å². The number of nitrogens with zero attached hydrogens (tertiary/aromatic N) is 3. The van der Waals surface area contributed by atoms with Crippen molar-refractivity contribution in [3.63, 3.8) is 0 Å². The van der Waals surface area contributed by atoms with Gasteiger partial charge in [-0.2, -0.15) is 5.10 Å². The first kappa shape index (κ1) is 12.8. The quantitative estimate of drug-likeness (QED) is 0.923. The maximum absolute atomic E-state index is 12.3. The molecule has 5 nitrogen and oxygen atoms in total. The fourth-order valence-electron chi connectivity index (χ4n) is 1.85. The molecule has 0 atom stereocenters. The average Bonchev–Trinajstić information content (AvgIpc) is 2.85. The van der Waals surface area contributed by atoms with E-state index in [2.05, 4.69) is 15.2 Å². The minimum atomic E-state index is -0.0237. The molecule has 1 amide bonds. The normalized spacial score (nSPS) is 10.7. The Kier molecular flexibility index (Phi) is 3.47. The summed E-state index contributed by atoms with van der Waals surface area (Å²) in [7, 11) is 1.78. The molecule has 0 aromatic carbocycles. The van der Waals surface area contributed by atoms with Crippen LogP contribution in [0.2, 0.25) is 0 Å². The predicted octanol–water partition coefficient (Wildman–Crippen LogP) is 2.06. The fraction of sp³-hybridized carbons (Fsp3) is 0.417. The Bertz CT molecular complexity index is 553. The molecule has 0 aliphatic carbocycles. The van der Waals surface area contributed by atoms with Crippen LogP contribution in [0, 0.1) is 20.8 Å². The third-order valence-corrected chi connectivity index (χ3v) is 3.58. The average molecular weight is 264 g/mol. The summed E-state index contributed by atoms with van der Waals surface area (Å²) in [6.45, 7) is 6.17. The van der Waals surface area contributed by atoms with Gasteiger partial charge in [-0.15, -0.1) is 11.3 Å². The third-order valence-electron chi connectivity index (χ3n) is 2.75. The van der Waals surface area contributed by atoms with Gasteiger partial charge in [0.15, 0.2) is 0 Å². The molecule has 0 saturated heterocycles. The molecule has 0 bridgehead atoms. The standard InChI is InChI=1S/C12H16N4OS/c1-7-11(8(2)15-14-7)12(17)16(4)5-10-6-18-9(3)13-10/h6H,5H2,1-4H3,(H,14,15). The van der Waals surface area contributed by atoms with Gasteiger partial charge in [0.2, 0.25) is 0 Å². The SMILES string of the molecule is Cc1nc(CN(C)C(=O)c2c(C)n[nH]c2C)cs1. The summed E-state index contributed by atoms with van der Waals surface area (Å²) in [5, 5.41) is 9.87. The Morgan fingerprint density at radius 3 is 2.67 bits per heavy atom. The number of nitrogens with one attached hydrogen (secondary N) is 1. The van der Waals surface area contributed by atoms with Crippen molar-refractivity contribution in [2.24, 2.45) is 0 Å². The smallest absolute Gasteiger partial charge is 0.257 e. The molecule has 2 aromatic heterocycles. The Hall–Kier alpha value is -1.69. The molecular formula is C12H16N4OS. The van der Waals surface area contributed by atoms with E-state index in [4.69, 9.17) is 0 Å². The van der Waals surface area contributed by atoms with Gasteiger partial charge in [0, 0.05) is 18.1 Å². The third kappa shape index (κ3) is 2.43. The van der Waals surface area contributed by atoms with Crippen molar-refractivity contribution < 1.29 is 4.79 Å². The number of aromatic nitrogens is 3. The van der Waals surface area contributed by atoms with Gasteiger partial charge < -0.3 is 4.90 Å². The second kappa shape index (κ2) is 4.89. The number of rotatable bonds is 3. The minimum absolute atomic E-state index is 0.0237. The van der Waals surface area contributed by atoms with Crippen molar-refractivity contribution in [3.8, 4) is 0 Å². The van der Waals surface area contributed by atoms with Crippen molar-refractivity contribution in [2.75, 3.05) is 7.05 Å². The number of aryl methyl sites for hydroxylation is 3. The van der Waals surface area contributed by atoms with Crippen molar-refractivity contribution >= 4 is 17.2 Å². The van der Waals surface area contributed by atoms with Gasteiger partial charge in [-0.05, 0) is 20.8 Å². The van der Waals surface area contributed by atoms with Crippen molar-refractivity contribution in [1.82, 2.24) is 20.1 Å². The molecule has 6 heteroatoms. The summed E-state index contributed by atoms with van der Waals surface area (Å²) < 4.78 is 0. The fourth-order valence-corrected chi connectivity index (χ4v) is 2.46. The number of carbonyl (C=O) groups is 1. The second-order valence-electron chi connectivity index (χ2n) is 4.33. The van der Waals surface area contributed by atoms with Crippen LogP contribution in [0.5, 0.6) is 0 Å². The van der Waals surface area contributed by atoms with Gasteiger partial charge in [0.25, 0.3) is 5.91 Å². The molecule has 0 saturated carbocycles. The molecule has 2 aromatic rings. The number of amides is 1. The number of H-pyrrole nitrogens is 1. The molecule has 18 heavy (non-hydrogen) atoms. The first-order valence-electron chi connectivity index (χ1n) is 5.67. The van der Waals surface area contributed by atoms with Crippen molar-refractivity contribution in [1.29, 1.82) is 0 Å². The zero-order valence-electron chi connectivity index (χ0n) is 10.9. The van der Waals surface area contributed by atoms with Gasteiger partial charge in [0.05, 0.1) is 28.5 Å². The monoisotopic (exact) mass is 264 g/mol. The number of thiazole rings is 1. The molecule has 2 rings (SSSR count). The van der Waals surface area contributed by atoms with Crippen LogP contribution in [0.4, 0.5) is 0 Å². The molecule has 1 N–H and O–H groups in total. The first-order valence-corrected chi connectivity index (χ1v) is 6.55. The van der Waals surface area contributed by atoms with Gasteiger partial charge in [-0.25, -0.2) is 4.98 Å². The van der Waals surface area contributed by atoms with Crippen LogP contribution in [0.1, 0.15) is 32.4 Å². The molecule has 0 aliphatic rings. The van der Waals surface area contributed by atoms with Gasteiger partial charge in [-0.1, -0.05) is 0 Å². The van der Waals surface area contributed by atoms with Crippen LogP contribution in [-0.2, 0) is 6.54 Å². The summed E-state index contributed by atoms with van der Waals surface area (Å²) in [5.41, 5.74) is 3.12. The molecule has 0 aliphatic heterocycles. The zero-order chi connectivity index (χ0) is 13.3. The van der Waals surface area contributed by atoms with E-state index in [0.29, 0.717) is 12.1 Å². The Morgan fingerprint density at radius 2 is 2.17 bits per heavy atom. The highest BCUT2D eigenvalue weighted by molar-refractivity contribution is 7.09. The summed E-state index contributed by atoms with van der Waals surface area (Å²) >= 11 is 1.59. The maximum atomic E-state index is 12.3. The maximum Gasteiger partial charge on any atom is 0.257 e. The lowest BCUT2D eigenvalue weighted by Gasteiger charge is -2.15. The number of hydrogen-bond donors (Lipinski definition) is 1. The second-order valence-corrected chi connectivity index (χ2v) is 5.39. The lowest BCUT2D eigenvalue weighted by atomic mass is 10.2. The minimum Gasteiger partial charge on any atom is -0.336 e. The van der Waals surface area contributed by atoms with E-state index in [-0.39, 0.29) is 5.91 Å². The van der Waals surface area contributed by atoms with Crippen LogP contribution < -0.4 is 0 Å². The number of hydrogen-bond acceptors (Lipinski definition) is 4. The van der Waals surface area contributed by atoms with Crippen LogP contribution in [0.15, 0.2) is 5.38 Å².